The Morgan fingerprint density at radius 2 is 1.90 bits per heavy atom. The first-order valence-corrected chi connectivity index (χ1v) is 9.48. The summed E-state index contributed by atoms with van der Waals surface area (Å²) in [5.41, 5.74) is 1.87. The SMILES string of the molecule is CCc1ccccc1O[C@@H](C)C(=O)N(C)Cc1nc(-c2ccc(OC)cc2)no1. The summed E-state index contributed by atoms with van der Waals surface area (Å²) in [6.07, 6.45) is 0.208. The van der Waals surface area contributed by atoms with Crippen molar-refractivity contribution < 1.29 is 18.8 Å². The highest BCUT2D eigenvalue weighted by molar-refractivity contribution is 5.80. The fourth-order valence-corrected chi connectivity index (χ4v) is 2.92. The summed E-state index contributed by atoms with van der Waals surface area (Å²) in [6.45, 7) is 3.99. The van der Waals surface area contributed by atoms with Gasteiger partial charge in [0, 0.05) is 12.6 Å². The van der Waals surface area contributed by atoms with Crippen LogP contribution >= 0.6 is 0 Å². The van der Waals surface area contributed by atoms with Crippen LogP contribution in [0.5, 0.6) is 11.5 Å². The molecule has 0 unspecified atom stereocenters. The van der Waals surface area contributed by atoms with Crippen molar-refractivity contribution in [1.82, 2.24) is 15.0 Å². The van der Waals surface area contributed by atoms with Crippen LogP contribution in [0.4, 0.5) is 0 Å². The van der Waals surface area contributed by atoms with Crippen LogP contribution in [0.2, 0.25) is 0 Å². The molecule has 0 saturated carbocycles. The second-order valence-corrected chi connectivity index (χ2v) is 6.66. The van der Waals surface area contributed by atoms with E-state index >= 15 is 0 Å². The van der Waals surface area contributed by atoms with Crippen LogP contribution in [-0.4, -0.2) is 41.2 Å². The zero-order chi connectivity index (χ0) is 20.8. The minimum atomic E-state index is -0.628. The van der Waals surface area contributed by atoms with Crippen molar-refractivity contribution in [3.05, 3.63) is 60.0 Å². The van der Waals surface area contributed by atoms with Gasteiger partial charge in [0.1, 0.15) is 11.5 Å². The molecule has 0 N–H and O–H groups in total. The number of benzene rings is 2. The molecular formula is C22H25N3O4. The Hall–Kier alpha value is -3.35. The van der Waals surface area contributed by atoms with Crippen molar-refractivity contribution >= 4 is 5.91 Å². The first-order chi connectivity index (χ1) is 14.0. The van der Waals surface area contributed by atoms with Gasteiger partial charge in [0.25, 0.3) is 5.91 Å². The average Bonchev–Trinajstić information content (AvgIpc) is 3.22. The van der Waals surface area contributed by atoms with E-state index in [4.69, 9.17) is 14.0 Å². The van der Waals surface area contributed by atoms with Crippen molar-refractivity contribution in [2.45, 2.75) is 32.9 Å². The third-order valence-electron chi connectivity index (χ3n) is 4.57. The molecule has 1 heterocycles. The Balaban J connectivity index is 1.62. The minimum Gasteiger partial charge on any atom is -0.497 e. The summed E-state index contributed by atoms with van der Waals surface area (Å²) in [7, 11) is 3.30. The number of para-hydroxylation sites is 1. The molecule has 0 aliphatic heterocycles. The first-order valence-electron chi connectivity index (χ1n) is 9.48. The van der Waals surface area contributed by atoms with E-state index < -0.39 is 6.10 Å². The number of hydrogen-bond donors (Lipinski definition) is 0. The van der Waals surface area contributed by atoms with Crippen LogP contribution in [-0.2, 0) is 17.8 Å². The Morgan fingerprint density at radius 3 is 2.59 bits per heavy atom. The van der Waals surface area contributed by atoms with Gasteiger partial charge in [0.2, 0.25) is 11.7 Å². The van der Waals surface area contributed by atoms with Gasteiger partial charge in [0.05, 0.1) is 13.7 Å². The maximum absolute atomic E-state index is 12.7. The van der Waals surface area contributed by atoms with Gasteiger partial charge in [-0.3, -0.25) is 4.79 Å². The predicted octanol–water partition coefficient (Wildman–Crippen LogP) is 3.73. The molecule has 29 heavy (non-hydrogen) atoms. The Labute approximate surface area is 170 Å². The summed E-state index contributed by atoms with van der Waals surface area (Å²) in [5, 5.41) is 3.99. The van der Waals surface area contributed by atoms with Crippen molar-refractivity contribution in [3.63, 3.8) is 0 Å². The van der Waals surface area contributed by atoms with E-state index in [9.17, 15) is 4.79 Å². The fraction of sp³-hybridized carbons (Fsp3) is 0.318. The molecule has 0 radical (unpaired) electrons. The normalized spacial score (nSPS) is 11.7. The van der Waals surface area contributed by atoms with Gasteiger partial charge < -0.3 is 18.9 Å². The standard InChI is InChI=1S/C22H25N3O4/c1-5-16-8-6-7-9-19(16)28-15(2)22(26)25(3)14-20-23-21(24-29-20)17-10-12-18(27-4)13-11-17/h6-13,15H,5,14H2,1-4H3/t15-/m0/s1. The van der Waals surface area contributed by atoms with Gasteiger partial charge in [0.15, 0.2) is 6.10 Å². The van der Waals surface area contributed by atoms with Crippen molar-refractivity contribution in [3.8, 4) is 22.9 Å². The Kier molecular flexibility index (Phi) is 6.49. The van der Waals surface area contributed by atoms with Crippen LogP contribution in [0.3, 0.4) is 0 Å². The quantitative estimate of drug-likeness (QED) is 0.578. The molecule has 3 rings (SSSR count). The van der Waals surface area contributed by atoms with E-state index in [1.165, 1.54) is 4.90 Å². The molecule has 0 aliphatic rings. The maximum atomic E-state index is 12.7. The van der Waals surface area contributed by atoms with Crippen LogP contribution in [0, 0.1) is 0 Å². The largest absolute Gasteiger partial charge is 0.497 e. The molecule has 0 bridgehead atoms. The summed E-state index contributed by atoms with van der Waals surface area (Å²) in [5.74, 6) is 2.13. The van der Waals surface area contributed by atoms with E-state index in [2.05, 4.69) is 17.1 Å². The van der Waals surface area contributed by atoms with Gasteiger partial charge in [-0.25, -0.2) is 0 Å². The van der Waals surface area contributed by atoms with E-state index in [1.54, 1.807) is 21.1 Å². The number of likely N-dealkylation sites (N-methyl/N-ethyl adjacent to an activating group) is 1. The van der Waals surface area contributed by atoms with Gasteiger partial charge >= 0.3 is 0 Å². The summed E-state index contributed by atoms with van der Waals surface area (Å²) in [4.78, 5) is 18.6. The lowest BCUT2D eigenvalue weighted by molar-refractivity contribution is -0.137. The zero-order valence-electron chi connectivity index (χ0n) is 17.1. The lowest BCUT2D eigenvalue weighted by Crippen LogP contribution is -2.37. The minimum absolute atomic E-state index is 0.167. The monoisotopic (exact) mass is 395 g/mol. The third-order valence-corrected chi connectivity index (χ3v) is 4.57. The highest BCUT2D eigenvalue weighted by atomic mass is 16.5. The first kappa shape index (κ1) is 20.4. The number of hydrogen-bond acceptors (Lipinski definition) is 6. The van der Waals surface area contributed by atoms with Gasteiger partial charge in [-0.1, -0.05) is 30.3 Å². The molecule has 0 saturated heterocycles. The molecule has 1 amide bonds. The van der Waals surface area contributed by atoms with Crippen molar-refractivity contribution in [1.29, 1.82) is 0 Å². The number of carbonyl (C=O) groups excluding carboxylic acids is 1. The maximum Gasteiger partial charge on any atom is 0.263 e. The van der Waals surface area contributed by atoms with Crippen LogP contribution in [0.25, 0.3) is 11.4 Å². The van der Waals surface area contributed by atoms with E-state index in [1.807, 2.05) is 48.5 Å². The molecular weight excluding hydrogens is 370 g/mol. The molecule has 1 aromatic heterocycles. The molecule has 0 fully saturated rings. The number of ether oxygens (including phenoxy) is 2. The van der Waals surface area contributed by atoms with Crippen LogP contribution < -0.4 is 9.47 Å². The summed E-state index contributed by atoms with van der Waals surface area (Å²) >= 11 is 0. The van der Waals surface area contributed by atoms with E-state index in [0.717, 1.165) is 29.0 Å². The number of carbonyl (C=O) groups is 1. The molecule has 0 aliphatic carbocycles. The molecule has 7 nitrogen and oxygen atoms in total. The number of nitrogens with zero attached hydrogens (tertiary/aromatic N) is 3. The number of rotatable bonds is 8. The van der Waals surface area contributed by atoms with Crippen molar-refractivity contribution in [2.75, 3.05) is 14.2 Å². The smallest absolute Gasteiger partial charge is 0.263 e. The number of methoxy groups -OCH3 is 1. The fourth-order valence-electron chi connectivity index (χ4n) is 2.92. The van der Waals surface area contributed by atoms with Crippen LogP contribution in [0.1, 0.15) is 25.3 Å². The van der Waals surface area contributed by atoms with Gasteiger partial charge in [-0.05, 0) is 49.2 Å². The molecule has 3 aromatic rings. The predicted molar refractivity (Wildman–Crippen MR) is 109 cm³/mol. The average molecular weight is 395 g/mol. The number of amides is 1. The van der Waals surface area contributed by atoms with E-state index in [0.29, 0.717) is 11.7 Å². The summed E-state index contributed by atoms with van der Waals surface area (Å²) < 4.78 is 16.3. The second kappa shape index (κ2) is 9.23. The second-order valence-electron chi connectivity index (χ2n) is 6.66. The zero-order valence-corrected chi connectivity index (χ0v) is 17.1. The Bertz CT molecular complexity index is 953. The molecule has 7 heteroatoms. The highest BCUT2D eigenvalue weighted by Gasteiger charge is 2.22. The van der Waals surface area contributed by atoms with Gasteiger partial charge in [-0.2, -0.15) is 4.98 Å². The third kappa shape index (κ3) is 4.93. The lowest BCUT2D eigenvalue weighted by Gasteiger charge is -2.21. The number of aromatic nitrogens is 2. The van der Waals surface area contributed by atoms with Gasteiger partial charge in [-0.15, -0.1) is 0 Å². The molecule has 152 valence electrons. The van der Waals surface area contributed by atoms with E-state index in [-0.39, 0.29) is 12.5 Å². The lowest BCUT2D eigenvalue weighted by atomic mass is 10.1. The molecule has 2 aromatic carbocycles. The Morgan fingerprint density at radius 1 is 1.17 bits per heavy atom. The topological polar surface area (TPSA) is 77.7 Å². The molecule has 1 atom stereocenters. The number of aryl methyl sites for hydroxylation is 1. The van der Waals surface area contributed by atoms with Crippen molar-refractivity contribution in [2.24, 2.45) is 0 Å². The summed E-state index contributed by atoms with van der Waals surface area (Å²) in [6, 6.07) is 15.1. The highest BCUT2D eigenvalue weighted by Crippen LogP contribution is 2.21. The molecule has 0 spiro atoms. The van der Waals surface area contributed by atoms with Crippen LogP contribution in [0.15, 0.2) is 53.1 Å².